The summed E-state index contributed by atoms with van der Waals surface area (Å²) in [6.07, 6.45) is 1.33. The predicted octanol–water partition coefficient (Wildman–Crippen LogP) is 1.68. The number of hydrogen-bond donors (Lipinski definition) is 1. The Hall–Kier alpha value is -2.61. The van der Waals surface area contributed by atoms with Gasteiger partial charge in [0.15, 0.2) is 0 Å². The maximum absolute atomic E-state index is 12.3. The van der Waals surface area contributed by atoms with E-state index in [0.29, 0.717) is 5.88 Å². The van der Waals surface area contributed by atoms with E-state index < -0.39 is 16.0 Å². The number of rotatable bonds is 5. The zero-order valence-corrected chi connectivity index (χ0v) is 12.8. The van der Waals surface area contributed by atoms with Crippen molar-refractivity contribution < 1.29 is 22.7 Å². The normalized spacial score (nSPS) is 10.8. The van der Waals surface area contributed by atoms with Gasteiger partial charge in [-0.15, -0.1) is 0 Å². The predicted molar refractivity (Wildman–Crippen MR) is 79.4 cm³/mol. The summed E-state index contributed by atoms with van der Waals surface area (Å²) >= 11 is 0. The van der Waals surface area contributed by atoms with Crippen LogP contribution in [0.25, 0.3) is 0 Å². The van der Waals surface area contributed by atoms with E-state index in [-0.39, 0.29) is 16.1 Å². The summed E-state index contributed by atoms with van der Waals surface area (Å²) in [6, 6.07) is 8.61. The van der Waals surface area contributed by atoms with Gasteiger partial charge in [0.25, 0.3) is 10.0 Å². The Balaban J connectivity index is 2.27. The summed E-state index contributed by atoms with van der Waals surface area (Å²) in [5.41, 5.74) is 0.433. The largest absolute Gasteiger partial charge is 0.481 e. The van der Waals surface area contributed by atoms with E-state index >= 15 is 0 Å². The summed E-state index contributed by atoms with van der Waals surface area (Å²) in [5.74, 6) is -0.237. The van der Waals surface area contributed by atoms with Crippen molar-refractivity contribution in [1.29, 1.82) is 0 Å². The van der Waals surface area contributed by atoms with Crippen LogP contribution >= 0.6 is 0 Å². The lowest BCUT2D eigenvalue weighted by atomic mass is 10.2. The van der Waals surface area contributed by atoms with E-state index in [0.717, 1.165) is 0 Å². The fourth-order valence-corrected chi connectivity index (χ4v) is 2.77. The van der Waals surface area contributed by atoms with Gasteiger partial charge in [0, 0.05) is 6.07 Å². The molecule has 0 atom stereocenters. The topological polar surface area (TPSA) is 94.6 Å². The standard InChI is InChI=1S/C14H14N2O5S/c1-20-13-7-6-11(9-15-13)16-22(18,19)12-5-3-4-10(8-12)14(17)21-2/h3-9,16H,1-2H3. The maximum atomic E-state index is 12.3. The molecule has 1 heterocycles. The molecule has 0 aliphatic carbocycles. The second kappa shape index (κ2) is 6.44. The van der Waals surface area contributed by atoms with Crippen LogP contribution in [0.5, 0.6) is 5.88 Å². The lowest BCUT2D eigenvalue weighted by Crippen LogP contribution is -2.14. The monoisotopic (exact) mass is 322 g/mol. The van der Waals surface area contributed by atoms with E-state index in [2.05, 4.69) is 14.4 Å². The average molecular weight is 322 g/mol. The third-order valence-electron chi connectivity index (χ3n) is 2.76. The number of nitrogens with zero attached hydrogens (tertiary/aromatic N) is 1. The number of ether oxygens (including phenoxy) is 2. The third kappa shape index (κ3) is 3.53. The number of carbonyl (C=O) groups excluding carboxylic acids is 1. The first-order valence-corrected chi connectivity index (χ1v) is 7.66. The molecule has 0 unspecified atom stereocenters. The molecule has 0 spiro atoms. The number of carbonyl (C=O) groups is 1. The minimum atomic E-state index is -3.84. The molecule has 0 radical (unpaired) electrons. The van der Waals surface area contributed by atoms with Crippen LogP contribution in [-0.4, -0.2) is 33.6 Å². The number of anilines is 1. The number of hydrogen-bond acceptors (Lipinski definition) is 6. The van der Waals surface area contributed by atoms with Gasteiger partial charge in [0.1, 0.15) is 0 Å². The van der Waals surface area contributed by atoms with Gasteiger partial charge in [-0.3, -0.25) is 4.72 Å². The molecule has 22 heavy (non-hydrogen) atoms. The van der Waals surface area contributed by atoms with Crippen molar-refractivity contribution in [1.82, 2.24) is 4.98 Å². The van der Waals surface area contributed by atoms with Gasteiger partial charge in [-0.25, -0.2) is 18.2 Å². The number of aromatic nitrogens is 1. The molecule has 2 rings (SSSR count). The molecule has 0 saturated heterocycles. The summed E-state index contributed by atoms with van der Waals surface area (Å²) < 4.78 is 36.4. The highest BCUT2D eigenvalue weighted by atomic mass is 32.2. The average Bonchev–Trinajstić information content (AvgIpc) is 2.54. The van der Waals surface area contributed by atoms with Gasteiger partial charge in [0.05, 0.1) is 36.6 Å². The van der Waals surface area contributed by atoms with Crippen molar-refractivity contribution in [3.05, 3.63) is 48.2 Å². The highest BCUT2D eigenvalue weighted by Gasteiger charge is 2.17. The zero-order valence-electron chi connectivity index (χ0n) is 11.9. The molecule has 7 nitrogen and oxygen atoms in total. The van der Waals surface area contributed by atoms with E-state index in [1.807, 2.05) is 0 Å². The number of sulfonamides is 1. The van der Waals surface area contributed by atoms with Crippen LogP contribution in [0.4, 0.5) is 5.69 Å². The van der Waals surface area contributed by atoms with Crippen molar-refractivity contribution in [3.8, 4) is 5.88 Å². The Morgan fingerprint density at radius 1 is 1.18 bits per heavy atom. The van der Waals surface area contributed by atoms with Gasteiger partial charge >= 0.3 is 5.97 Å². The Morgan fingerprint density at radius 3 is 2.55 bits per heavy atom. The molecule has 0 fully saturated rings. The summed E-state index contributed by atoms with van der Waals surface area (Å²) in [4.78, 5) is 15.3. The quantitative estimate of drug-likeness (QED) is 0.842. The zero-order chi connectivity index (χ0) is 16.2. The molecule has 0 saturated carbocycles. The second-order valence-electron chi connectivity index (χ2n) is 4.21. The van der Waals surface area contributed by atoms with E-state index in [1.54, 1.807) is 0 Å². The Bertz CT molecular complexity index is 772. The third-order valence-corrected chi connectivity index (χ3v) is 4.14. The summed E-state index contributed by atoms with van der Waals surface area (Å²) in [5, 5.41) is 0. The van der Waals surface area contributed by atoms with Crippen molar-refractivity contribution in [2.24, 2.45) is 0 Å². The van der Waals surface area contributed by atoms with Crippen molar-refractivity contribution in [2.75, 3.05) is 18.9 Å². The van der Waals surface area contributed by atoms with Gasteiger partial charge in [0.2, 0.25) is 5.88 Å². The summed E-state index contributed by atoms with van der Waals surface area (Å²) in [7, 11) is -1.15. The molecule has 0 bridgehead atoms. The minimum absolute atomic E-state index is 0.0498. The van der Waals surface area contributed by atoms with Crippen LogP contribution in [0.15, 0.2) is 47.5 Å². The molecule has 0 aliphatic heterocycles. The van der Waals surface area contributed by atoms with Crippen LogP contribution in [0, 0.1) is 0 Å². The molecular weight excluding hydrogens is 308 g/mol. The molecule has 1 aromatic carbocycles. The minimum Gasteiger partial charge on any atom is -0.481 e. The lowest BCUT2D eigenvalue weighted by molar-refractivity contribution is 0.0600. The smallest absolute Gasteiger partial charge is 0.337 e. The van der Waals surface area contributed by atoms with Crippen molar-refractivity contribution in [2.45, 2.75) is 4.90 Å². The van der Waals surface area contributed by atoms with Crippen LogP contribution < -0.4 is 9.46 Å². The highest BCUT2D eigenvalue weighted by molar-refractivity contribution is 7.92. The van der Waals surface area contributed by atoms with Crippen molar-refractivity contribution in [3.63, 3.8) is 0 Å². The molecule has 2 aromatic rings. The fourth-order valence-electron chi connectivity index (χ4n) is 1.68. The first-order valence-electron chi connectivity index (χ1n) is 6.17. The fraction of sp³-hybridized carbons (Fsp3) is 0.143. The van der Waals surface area contributed by atoms with Crippen LogP contribution in [0.3, 0.4) is 0 Å². The first kappa shape index (κ1) is 15.8. The van der Waals surface area contributed by atoms with Gasteiger partial charge in [-0.2, -0.15) is 0 Å². The van der Waals surface area contributed by atoms with Gasteiger partial charge < -0.3 is 9.47 Å². The molecule has 1 aromatic heterocycles. The highest BCUT2D eigenvalue weighted by Crippen LogP contribution is 2.18. The number of methoxy groups -OCH3 is 2. The first-order chi connectivity index (χ1) is 10.5. The van der Waals surface area contributed by atoms with E-state index in [9.17, 15) is 13.2 Å². The second-order valence-corrected chi connectivity index (χ2v) is 5.90. The molecule has 116 valence electrons. The maximum Gasteiger partial charge on any atom is 0.337 e. The SMILES string of the molecule is COC(=O)c1cccc(S(=O)(=O)Nc2ccc(OC)nc2)c1. The van der Waals surface area contributed by atoms with Crippen LogP contribution in [-0.2, 0) is 14.8 Å². The molecule has 0 aliphatic rings. The molecular formula is C14H14N2O5S. The number of pyridine rings is 1. The summed E-state index contributed by atoms with van der Waals surface area (Å²) in [6.45, 7) is 0. The molecule has 0 amide bonds. The number of nitrogens with one attached hydrogen (secondary N) is 1. The van der Waals surface area contributed by atoms with Crippen molar-refractivity contribution >= 4 is 21.7 Å². The van der Waals surface area contributed by atoms with Crippen LogP contribution in [0.2, 0.25) is 0 Å². The molecule has 1 N–H and O–H groups in total. The number of esters is 1. The Kier molecular flexibility index (Phi) is 4.62. The van der Waals surface area contributed by atoms with Crippen LogP contribution in [0.1, 0.15) is 10.4 Å². The van der Waals surface area contributed by atoms with E-state index in [4.69, 9.17) is 4.74 Å². The number of benzene rings is 1. The van der Waals surface area contributed by atoms with Gasteiger partial charge in [-0.1, -0.05) is 6.07 Å². The Morgan fingerprint density at radius 2 is 1.95 bits per heavy atom. The lowest BCUT2D eigenvalue weighted by Gasteiger charge is -2.09. The van der Waals surface area contributed by atoms with E-state index in [1.165, 1.54) is 56.8 Å². The van der Waals surface area contributed by atoms with Gasteiger partial charge in [-0.05, 0) is 24.3 Å². The Labute approximate surface area is 128 Å². The molecule has 8 heteroatoms.